The van der Waals surface area contributed by atoms with Gasteiger partial charge in [0.2, 0.25) is 0 Å². The average Bonchev–Trinajstić information content (AvgIpc) is 2.02. The van der Waals surface area contributed by atoms with Gasteiger partial charge < -0.3 is 0 Å². The first kappa shape index (κ1) is 9.38. The van der Waals surface area contributed by atoms with E-state index in [9.17, 15) is 8.78 Å². The van der Waals surface area contributed by atoms with E-state index in [4.69, 9.17) is 0 Å². The lowest BCUT2D eigenvalue weighted by Gasteiger charge is -2.50. The third kappa shape index (κ3) is 1.47. The molecule has 3 fully saturated rings. The van der Waals surface area contributed by atoms with Crippen molar-refractivity contribution in [1.29, 1.82) is 0 Å². The summed E-state index contributed by atoms with van der Waals surface area (Å²) in [4.78, 5) is 1.92. The van der Waals surface area contributed by atoms with Gasteiger partial charge in [0, 0.05) is 12.5 Å². The molecule has 0 N–H and O–H groups in total. The number of nitrogens with zero attached hydrogens (tertiary/aromatic N) is 1. The monoisotopic (exact) mass is 189 g/mol. The topological polar surface area (TPSA) is 3.24 Å². The number of halogens is 2. The van der Waals surface area contributed by atoms with Gasteiger partial charge in [-0.25, -0.2) is 8.78 Å². The molecule has 0 saturated carbocycles. The van der Waals surface area contributed by atoms with Gasteiger partial charge in [-0.3, -0.25) is 4.90 Å². The maximum absolute atomic E-state index is 13.5. The van der Waals surface area contributed by atoms with Gasteiger partial charge in [0.25, 0.3) is 5.92 Å². The van der Waals surface area contributed by atoms with Crippen LogP contribution in [-0.2, 0) is 0 Å². The van der Waals surface area contributed by atoms with Crippen molar-refractivity contribution >= 4 is 0 Å². The summed E-state index contributed by atoms with van der Waals surface area (Å²) >= 11 is 0. The van der Waals surface area contributed by atoms with E-state index < -0.39 is 5.92 Å². The van der Waals surface area contributed by atoms with Gasteiger partial charge in [-0.1, -0.05) is 13.8 Å². The Morgan fingerprint density at radius 2 is 2.08 bits per heavy atom. The first-order valence-electron chi connectivity index (χ1n) is 5.11. The second kappa shape index (κ2) is 2.91. The smallest absolute Gasteiger partial charge is 0.263 e. The quantitative estimate of drug-likeness (QED) is 0.611. The molecule has 0 amide bonds. The first-order valence-corrected chi connectivity index (χ1v) is 5.11. The van der Waals surface area contributed by atoms with Crippen molar-refractivity contribution in [2.45, 2.75) is 26.2 Å². The first-order chi connectivity index (χ1) is 6.00. The summed E-state index contributed by atoms with van der Waals surface area (Å²) in [6, 6.07) is 0. The highest BCUT2D eigenvalue weighted by Crippen LogP contribution is 2.45. The Labute approximate surface area is 78.1 Å². The molecule has 3 heteroatoms. The Kier molecular flexibility index (Phi) is 2.10. The second-order valence-corrected chi connectivity index (χ2v) is 4.80. The lowest BCUT2D eigenvalue weighted by Crippen LogP contribution is -2.60. The van der Waals surface area contributed by atoms with Gasteiger partial charge in [-0.15, -0.1) is 0 Å². The number of hydrogen-bond donors (Lipinski definition) is 0. The lowest BCUT2D eigenvalue weighted by molar-refractivity contribution is -0.175. The molecule has 3 heterocycles. The Morgan fingerprint density at radius 1 is 1.38 bits per heavy atom. The van der Waals surface area contributed by atoms with E-state index in [2.05, 4.69) is 13.8 Å². The minimum atomic E-state index is -2.43. The van der Waals surface area contributed by atoms with Crippen molar-refractivity contribution in [1.82, 2.24) is 4.90 Å². The van der Waals surface area contributed by atoms with Crippen LogP contribution >= 0.6 is 0 Å². The van der Waals surface area contributed by atoms with Crippen LogP contribution < -0.4 is 0 Å². The van der Waals surface area contributed by atoms with Crippen LogP contribution in [0.5, 0.6) is 0 Å². The number of alkyl halides is 2. The Morgan fingerprint density at radius 3 is 2.46 bits per heavy atom. The summed E-state index contributed by atoms with van der Waals surface area (Å²) in [6.07, 6.45) is 0.690. The molecule has 3 atom stereocenters. The second-order valence-electron chi connectivity index (χ2n) is 4.80. The summed E-state index contributed by atoms with van der Waals surface area (Å²) in [5, 5.41) is 0. The van der Waals surface area contributed by atoms with E-state index in [0.717, 1.165) is 13.1 Å². The fraction of sp³-hybridized carbons (Fsp3) is 1.00. The summed E-state index contributed by atoms with van der Waals surface area (Å²) < 4.78 is 26.9. The van der Waals surface area contributed by atoms with E-state index in [-0.39, 0.29) is 18.4 Å². The minimum Gasteiger partial charge on any atom is -0.297 e. The fourth-order valence-corrected chi connectivity index (χ4v) is 2.81. The summed E-state index contributed by atoms with van der Waals surface area (Å²) in [6.45, 7) is 5.88. The van der Waals surface area contributed by atoms with Crippen molar-refractivity contribution < 1.29 is 8.78 Å². The summed E-state index contributed by atoms with van der Waals surface area (Å²) in [5.41, 5.74) is 0. The normalized spacial score (nSPS) is 42.7. The minimum absolute atomic E-state index is 0.000880. The Hall–Kier alpha value is -0.180. The van der Waals surface area contributed by atoms with Crippen molar-refractivity contribution in [3.05, 3.63) is 0 Å². The van der Waals surface area contributed by atoms with E-state index >= 15 is 0 Å². The molecule has 0 aromatic rings. The number of piperidine rings is 3. The van der Waals surface area contributed by atoms with E-state index in [1.165, 1.54) is 0 Å². The molecule has 0 radical (unpaired) electrons. The molecule has 0 aromatic heterocycles. The molecule has 3 aliphatic rings. The van der Waals surface area contributed by atoms with Crippen molar-refractivity contribution in [3.8, 4) is 0 Å². The molecule has 13 heavy (non-hydrogen) atoms. The maximum Gasteiger partial charge on any atom is 0.263 e. The molecule has 3 unspecified atom stereocenters. The van der Waals surface area contributed by atoms with Gasteiger partial charge in [-0.2, -0.15) is 0 Å². The van der Waals surface area contributed by atoms with Crippen LogP contribution in [0.25, 0.3) is 0 Å². The molecule has 3 aliphatic heterocycles. The molecule has 0 aliphatic carbocycles. The van der Waals surface area contributed by atoms with Crippen LogP contribution in [0.3, 0.4) is 0 Å². The molecule has 0 spiro atoms. The van der Waals surface area contributed by atoms with Gasteiger partial charge in [0.15, 0.2) is 0 Å². The third-order valence-electron chi connectivity index (χ3n) is 3.58. The molecule has 2 bridgehead atoms. The third-order valence-corrected chi connectivity index (χ3v) is 3.58. The lowest BCUT2D eigenvalue weighted by atomic mass is 9.71. The van der Waals surface area contributed by atoms with Crippen LogP contribution in [0.15, 0.2) is 0 Å². The molecular formula is C10H17F2N. The van der Waals surface area contributed by atoms with Crippen molar-refractivity contribution in [3.63, 3.8) is 0 Å². The zero-order valence-electron chi connectivity index (χ0n) is 8.26. The number of fused-ring (bicyclic) bond motifs is 3. The van der Waals surface area contributed by atoms with Crippen LogP contribution in [-0.4, -0.2) is 30.5 Å². The predicted octanol–water partition coefficient (Wildman–Crippen LogP) is 2.23. The van der Waals surface area contributed by atoms with Gasteiger partial charge >= 0.3 is 0 Å². The Balaban J connectivity index is 2.18. The number of hydrogen-bond acceptors (Lipinski definition) is 1. The van der Waals surface area contributed by atoms with Crippen LogP contribution in [0, 0.1) is 17.8 Å². The van der Waals surface area contributed by atoms with Gasteiger partial charge in [-0.05, 0) is 24.8 Å². The molecule has 3 rings (SSSR count). The molecule has 3 saturated heterocycles. The zero-order valence-corrected chi connectivity index (χ0v) is 8.26. The Bertz CT molecular complexity index is 203. The number of rotatable bonds is 1. The van der Waals surface area contributed by atoms with Crippen LogP contribution in [0.4, 0.5) is 8.78 Å². The average molecular weight is 189 g/mol. The highest BCUT2D eigenvalue weighted by molar-refractivity contribution is 4.97. The van der Waals surface area contributed by atoms with E-state index in [1.807, 2.05) is 4.90 Å². The molecular weight excluding hydrogens is 172 g/mol. The molecule has 1 nitrogen and oxygen atoms in total. The maximum atomic E-state index is 13.5. The summed E-state index contributed by atoms with van der Waals surface area (Å²) in [7, 11) is 0. The molecule has 76 valence electrons. The van der Waals surface area contributed by atoms with Crippen molar-refractivity contribution in [2.75, 3.05) is 19.6 Å². The van der Waals surface area contributed by atoms with Gasteiger partial charge in [0.05, 0.1) is 6.54 Å². The highest BCUT2D eigenvalue weighted by Gasteiger charge is 2.53. The predicted molar refractivity (Wildman–Crippen MR) is 47.8 cm³/mol. The van der Waals surface area contributed by atoms with Crippen molar-refractivity contribution in [2.24, 2.45) is 17.8 Å². The van der Waals surface area contributed by atoms with Crippen LogP contribution in [0.1, 0.15) is 20.3 Å². The van der Waals surface area contributed by atoms with E-state index in [0.29, 0.717) is 12.3 Å². The standard InChI is InChI=1S/C10H17F2N/c1-7(2)8-5-13-4-3-9(8)10(11,12)6-13/h7-9H,3-6H2,1-2H3. The van der Waals surface area contributed by atoms with E-state index in [1.54, 1.807) is 0 Å². The van der Waals surface area contributed by atoms with Crippen LogP contribution in [0.2, 0.25) is 0 Å². The zero-order chi connectivity index (χ0) is 9.64. The SMILES string of the molecule is CC(C)C1CN2CCC1C(F)(F)C2. The molecule has 0 aromatic carbocycles. The highest BCUT2D eigenvalue weighted by atomic mass is 19.3. The summed E-state index contributed by atoms with van der Waals surface area (Å²) in [5.74, 6) is -2.18. The van der Waals surface area contributed by atoms with Gasteiger partial charge in [0.1, 0.15) is 0 Å². The fourth-order valence-electron chi connectivity index (χ4n) is 2.81. The largest absolute Gasteiger partial charge is 0.297 e.